The average molecular weight is 514 g/mol. The van der Waals surface area contributed by atoms with Crippen LogP contribution in [-0.4, -0.2) is 63.4 Å². The summed E-state index contributed by atoms with van der Waals surface area (Å²) in [6.45, 7) is 8.11. The number of nitrogens with one attached hydrogen (secondary N) is 4. The molecule has 0 saturated heterocycles. The van der Waals surface area contributed by atoms with Crippen LogP contribution >= 0.6 is 0 Å². The molecule has 2 aliphatic rings. The van der Waals surface area contributed by atoms with Crippen LogP contribution in [0.1, 0.15) is 56.6 Å². The standard InChI is InChI=1S/C25H35N7O5/c1-15(2)12-21-25(36)26-13-19-14-32(31-30-19)10-5-11-37-20-8-6-18(7-9-20)24(35)28-16(3)22(33)27-17(4)23(34)29-21/h6-9,14-17,21H,5,10-13H2,1-4H3,(H,26,36)(H,27,33)(H,28,35)(H,29,34)/t16-,17+,21+/m0/s1. The number of amides is 4. The third-order valence-electron chi connectivity index (χ3n) is 5.78. The Morgan fingerprint density at radius 2 is 1.65 bits per heavy atom. The molecule has 1 aromatic carbocycles. The fourth-order valence-electron chi connectivity index (χ4n) is 3.70. The van der Waals surface area contributed by atoms with Gasteiger partial charge in [0.15, 0.2) is 0 Å². The molecule has 4 amide bonds. The van der Waals surface area contributed by atoms with E-state index in [0.717, 1.165) is 0 Å². The van der Waals surface area contributed by atoms with Crippen molar-refractivity contribution in [3.8, 4) is 5.75 Å². The molecule has 4 bridgehead atoms. The van der Waals surface area contributed by atoms with E-state index in [2.05, 4.69) is 31.6 Å². The normalized spacial score (nSPS) is 22.5. The molecule has 0 radical (unpaired) electrons. The van der Waals surface area contributed by atoms with Gasteiger partial charge in [-0.1, -0.05) is 19.1 Å². The summed E-state index contributed by atoms with van der Waals surface area (Å²) in [6.07, 6.45) is 2.83. The van der Waals surface area contributed by atoms with Crippen LogP contribution in [0.5, 0.6) is 5.75 Å². The molecule has 37 heavy (non-hydrogen) atoms. The second-order valence-electron chi connectivity index (χ2n) is 9.53. The Kier molecular flexibility index (Phi) is 9.58. The molecule has 12 nitrogen and oxygen atoms in total. The van der Waals surface area contributed by atoms with Crippen molar-refractivity contribution < 1.29 is 23.9 Å². The highest BCUT2D eigenvalue weighted by molar-refractivity contribution is 5.98. The van der Waals surface area contributed by atoms with Crippen LogP contribution < -0.4 is 26.0 Å². The first-order chi connectivity index (χ1) is 17.6. The number of benzene rings is 1. The first-order valence-electron chi connectivity index (χ1n) is 12.4. The van der Waals surface area contributed by atoms with Gasteiger partial charge in [0.25, 0.3) is 5.91 Å². The van der Waals surface area contributed by atoms with Gasteiger partial charge in [0.2, 0.25) is 17.7 Å². The van der Waals surface area contributed by atoms with Crippen molar-refractivity contribution in [3.05, 3.63) is 41.7 Å². The molecule has 3 atom stereocenters. The van der Waals surface area contributed by atoms with Crippen LogP contribution in [0.3, 0.4) is 0 Å². The Hall–Kier alpha value is -3.96. The predicted octanol–water partition coefficient (Wildman–Crippen LogP) is 0.531. The largest absolute Gasteiger partial charge is 0.494 e. The third kappa shape index (κ3) is 8.29. The number of carbonyl (C=O) groups is 4. The molecule has 3 heterocycles. The maximum absolute atomic E-state index is 12.9. The van der Waals surface area contributed by atoms with Crippen LogP contribution in [0.4, 0.5) is 0 Å². The minimum atomic E-state index is -0.924. The summed E-state index contributed by atoms with van der Waals surface area (Å²) in [5.41, 5.74) is 0.957. The van der Waals surface area contributed by atoms with E-state index >= 15 is 0 Å². The summed E-state index contributed by atoms with van der Waals surface area (Å²) < 4.78 is 7.41. The first kappa shape index (κ1) is 27.6. The van der Waals surface area contributed by atoms with Crippen molar-refractivity contribution in [2.45, 2.75) is 71.8 Å². The molecule has 0 unspecified atom stereocenters. The predicted molar refractivity (Wildman–Crippen MR) is 134 cm³/mol. The van der Waals surface area contributed by atoms with E-state index in [1.165, 1.54) is 13.8 Å². The van der Waals surface area contributed by atoms with Crippen LogP contribution in [0.2, 0.25) is 0 Å². The number of hydrogen-bond acceptors (Lipinski definition) is 7. The molecule has 1 aromatic heterocycles. The summed E-state index contributed by atoms with van der Waals surface area (Å²) in [7, 11) is 0. The van der Waals surface area contributed by atoms with Crippen molar-refractivity contribution in [2.24, 2.45) is 5.92 Å². The Bertz CT molecular complexity index is 1100. The lowest BCUT2D eigenvalue weighted by atomic mass is 10.0. The molecule has 0 fully saturated rings. The van der Waals surface area contributed by atoms with Crippen molar-refractivity contribution >= 4 is 23.6 Å². The van der Waals surface area contributed by atoms with Gasteiger partial charge in [0.1, 0.15) is 29.6 Å². The van der Waals surface area contributed by atoms with E-state index in [1.54, 1.807) is 35.1 Å². The van der Waals surface area contributed by atoms with Crippen molar-refractivity contribution in [1.82, 2.24) is 36.3 Å². The second-order valence-corrected chi connectivity index (χ2v) is 9.53. The van der Waals surface area contributed by atoms with Gasteiger partial charge in [-0.25, -0.2) is 0 Å². The molecule has 4 N–H and O–H groups in total. The van der Waals surface area contributed by atoms with Crippen molar-refractivity contribution in [1.29, 1.82) is 0 Å². The summed E-state index contributed by atoms with van der Waals surface area (Å²) in [4.78, 5) is 50.9. The quantitative estimate of drug-likeness (QED) is 0.427. The van der Waals surface area contributed by atoms with Gasteiger partial charge in [-0.3, -0.25) is 23.9 Å². The number of aromatic nitrogens is 3. The maximum Gasteiger partial charge on any atom is 0.251 e. The molecular formula is C25H35N7O5. The first-order valence-corrected chi connectivity index (χ1v) is 12.4. The highest BCUT2D eigenvalue weighted by Gasteiger charge is 2.26. The molecule has 12 heteroatoms. The molecule has 2 aliphatic heterocycles. The maximum atomic E-state index is 12.9. The monoisotopic (exact) mass is 513 g/mol. The molecule has 200 valence electrons. The molecule has 4 rings (SSSR count). The highest BCUT2D eigenvalue weighted by atomic mass is 16.5. The van der Waals surface area contributed by atoms with E-state index in [-0.39, 0.29) is 18.4 Å². The zero-order chi connectivity index (χ0) is 26.9. The van der Waals surface area contributed by atoms with Gasteiger partial charge in [-0.15, -0.1) is 5.10 Å². The number of aryl methyl sites for hydroxylation is 1. The fraction of sp³-hybridized carbons (Fsp3) is 0.520. The van der Waals surface area contributed by atoms with Crippen LogP contribution in [0.25, 0.3) is 0 Å². The lowest BCUT2D eigenvalue weighted by Crippen LogP contribution is -2.55. The topological polar surface area (TPSA) is 156 Å². The van der Waals surface area contributed by atoms with Crippen LogP contribution in [0.15, 0.2) is 30.5 Å². The third-order valence-corrected chi connectivity index (χ3v) is 5.78. The SMILES string of the molecule is CC(C)C[C@H]1NC(=O)[C@@H](C)NC(=O)[C@H](C)NC(=O)c2ccc(cc2)OCCCn2cc(nn2)CNC1=O. The zero-order valence-corrected chi connectivity index (χ0v) is 21.6. The van der Waals surface area contributed by atoms with E-state index in [0.29, 0.717) is 43.0 Å². The van der Waals surface area contributed by atoms with Crippen molar-refractivity contribution in [3.63, 3.8) is 0 Å². The Labute approximate surface area is 215 Å². The molecule has 0 saturated carbocycles. The number of hydrogen-bond donors (Lipinski definition) is 4. The number of carbonyl (C=O) groups excluding carboxylic acids is 4. The van der Waals surface area contributed by atoms with E-state index in [9.17, 15) is 19.2 Å². The summed E-state index contributed by atoms with van der Waals surface area (Å²) >= 11 is 0. The molecular weight excluding hydrogens is 478 g/mol. The minimum Gasteiger partial charge on any atom is -0.494 e. The van der Waals surface area contributed by atoms with Gasteiger partial charge in [-0.05, 0) is 50.5 Å². The second kappa shape index (κ2) is 12.8. The minimum absolute atomic E-state index is 0.135. The average Bonchev–Trinajstić information content (AvgIpc) is 3.31. The van der Waals surface area contributed by atoms with Crippen LogP contribution in [0, 0.1) is 5.92 Å². The van der Waals surface area contributed by atoms with Gasteiger partial charge in [0.05, 0.1) is 19.3 Å². The van der Waals surface area contributed by atoms with E-state index in [4.69, 9.17) is 4.74 Å². The van der Waals surface area contributed by atoms with Gasteiger partial charge in [0, 0.05) is 18.5 Å². The van der Waals surface area contributed by atoms with Gasteiger partial charge in [-0.2, -0.15) is 0 Å². The fourth-order valence-corrected chi connectivity index (χ4v) is 3.70. The Balaban J connectivity index is 1.76. The van der Waals surface area contributed by atoms with Crippen LogP contribution in [-0.2, 0) is 27.5 Å². The highest BCUT2D eigenvalue weighted by Crippen LogP contribution is 2.13. The summed E-state index contributed by atoms with van der Waals surface area (Å²) in [5.74, 6) is -1.07. The molecule has 2 aromatic rings. The number of fused-ring (bicyclic) bond motifs is 16. The number of ether oxygens (including phenoxy) is 1. The Morgan fingerprint density at radius 3 is 2.35 bits per heavy atom. The summed E-state index contributed by atoms with van der Waals surface area (Å²) in [5, 5.41) is 18.9. The van der Waals surface area contributed by atoms with E-state index < -0.39 is 35.8 Å². The van der Waals surface area contributed by atoms with Crippen molar-refractivity contribution in [2.75, 3.05) is 6.61 Å². The zero-order valence-electron chi connectivity index (χ0n) is 21.6. The lowest BCUT2D eigenvalue weighted by molar-refractivity contribution is -0.132. The van der Waals surface area contributed by atoms with E-state index in [1.807, 2.05) is 13.8 Å². The molecule has 0 aliphatic carbocycles. The summed E-state index contributed by atoms with van der Waals surface area (Å²) in [6, 6.07) is 4.00. The van der Waals surface area contributed by atoms with Gasteiger partial charge >= 0.3 is 0 Å². The lowest BCUT2D eigenvalue weighted by Gasteiger charge is -2.23. The Morgan fingerprint density at radius 1 is 0.973 bits per heavy atom. The van der Waals surface area contributed by atoms with Gasteiger partial charge < -0.3 is 26.0 Å². The smallest absolute Gasteiger partial charge is 0.251 e. The number of rotatable bonds is 2. The molecule has 0 spiro atoms. The number of nitrogens with zero attached hydrogens (tertiary/aromatic N) is 3.